The average Bonchev–Trinajstić information content (AvgIpc) is 2.27. The van der Waals surface area contributed by atoms with Gasteiger partial charge >= 0.3 is 6.03 Å². The predicted molar refractivity (Wildman–Crippen MR) is 69.5 cm³/mol. The first-order valence-electron chi connectivity index (χ1n) is 5.59. The Bertz CT molecular complexity index is 366. The van der Waals surface area contributed by atoms with Gasteiger partial charge in [-0.2, -0.15) is 0 Å². The van der Waals surface area contributed by atoms with E-state index in [2.05, 4.69) is 31.4 Å². The lowest BCUT2D eigenvalue weighted by molar-refractivity contribution is 0.247. The molecule has 4 nitrogen and oxygen atoms in total. The van der Waals surface area contributed by atoms with E-state index in [0.717, 1.165) is 11.4 Å². The summed E-state index contributed by atoms with van der Waals surface area (Å²) < 4.78 is 5.04. The Hall–Kier alpha value is -1.71. The van der Waals surface area contributed by atoms with Crippen LogP contribution in [0.3, 0.4) is 0 Å². The van der Waals surface area contributed by atoms with Gasteiger partial charge in [0.2, 0.25) is 0 Å². The van der Waals surface area contributed by atoms with E-state index in [1.54, 1.807) is 31.4 Å². The number of carbonyl (C=O) groups is 1. The molecule has 0 unspecified atom stereocenters. The summed E-state index contributed by atoms with van der Waals surface area (Å²) in [6, 6.07) is 7.02. The predicted octanol–water partition coefficient (Wildman–Crippen LogP) is 2.86. The van der Waals surface area contributed by atoms with Gasteiger partial charge in [-0.25, -0.2) is 4.79 Å². The number of urea groups is 1. The fourth-order valence-electron chi connectivity index (χ4n) is 1.20. The van der Waals surface area contributed by atoms with Gasteiger partial charge in [-0.15, -0.1) is 0 Å². The Kier molecular flexibility index (Phi) is 4.37. The van der Waals surface area contributed by atoms with Crippen molar-refractivity contribution < 1.29 is 9.53 Å². The van der Waals surface area contributed by atoms with Crippen LogP contribution in [0, 0.1) is 5.41 Å². The van der Waals surface area contributed by atoms with Crippen LogP contribution in [0.2, 0.25) is 0 Å². The van der Waals surface area contributed by atoms with Crippen LogP contribution >= 0.6 is 0 Å². The Labute approximate surface area is 102 Å². The third kappa shape index (κ3) is 5.24. The van der Waals surface area contributed by atoms with Crippen molar-refractivity contribution in [3.8, 4) is 5.75 Å². The van der Waals surface area contributed by atoms with Crippen molar-refractivity contribution in [3.05, 3.63) is 24.3 Å². The van der Waals surface area contributed by atoms with E-state index >= 15 is 0 Å². The van der Waals surface area contributed by atoms with Crippen molar-refractivity contribution in [1.82, 2.24) is 5.32 Å². The number of ether oxygens (including phenoxy) is 1. The zero-order valence-corrected chi connectivity index (χ0v) is 10.8. The largest absolute Gasteiger partial charge is 0.497 e. The molecule has 0 spiro atoms. The van der Waals surface area contributed by atoms with Crippen molar-refractivity contribution in [3.63, 3.8) is 0 Å². The van der Waals surface area contributed by atoms with Crippen molar-refractivity contribution in [2.24, 2.45) is 5.41 Å². The van der Waals surface area contributed by atoms with E-state index < -0.39 is 0 Å². The van der Waals surface area contributed by atoms with Gasteiger partial charge < -0.3 is 15.4 Å². The summed E-state index contributed by atoms with van der Waals surface area (Å²) >= 11 is 0. The normalized spacial score (nSPS) is 10.8. The van der Waals surface area contributed by atoms with Gasteiger partial charge in [-0.1, -0.05) is 20.8 Å². The maximum absolute atomic E-state index is 11.6. The highest BCUT2D eigenvalue weighted by Crippen LogP contribution is 2.15. The first-order valence-corrected chi connectivity index (χ1v) is 5.59. The summed E-state index contributed by atoms with van der Waals surface area (Å²) in [6.07, 6.45) is 0. The number of nitrogens with one attached hydrogen (secondary N) is 2. The number of benzene rings is 1. The second kappa shape index (κ2) is 5.57. The van der Waals surface area contributed by atoms with E-state index in [1.807, 2.05) is 0 Å². The van der Waals surface area contributed by atoms with Crippen LogP contribution in [-0.2, 0) is 0 Å². The quantitative estimate of drug-likeness (QED) is 0.847. The molecular formula is C13H20N2O2. The lowest BCUT2D eigenvalue weighted by atomic mass is 9.97. The molecule has 0 saturated carbocycles. The number of amides is 2. The molecule has 1 rings (SSSR count). The first-order chi connectivity index (χ1) is 7.90. The molecule has 1 aromatic rings. The topological polar surface area (TPSA) is 50.4 Å². The minimum Gasteiger partial charge on any atom is -0.497 e. The molecule has 0 aromatic heterocycles. The van der Waals surface area contributed by atoms with E-state index in [0.29, 0.717) is 6.54 Å². The minimum atomic E-state index is -0.190. The Morgan fingerprint density at radius 1 is 1.24 bits per heavy atom. The zero-order valence-electron chi connectivity index (χ0n) is 10.8. The van der Waals surface area contributed by atoms with Crippen LogP contribution in [0.1, 0.15) is 20.8 Å². The van der Waals surface area contributed by atoms with Gasteiger partial charge in [0.05, 0.1) is 7.11 Å². The summed E-state index contributed by atoms with van der Waals surface area (Å²) in [5, 5.41) is 5.58. The molecule has 1 aromatic carbocycles. The monoisotopic (exact) mass is 236 g/mol. The Morgan fingerprint density at radius 3 is 2.29 bits per heavy atom. The number of methoxy groups -OCH3 is 1. The second-order valence-corrected chi connectivity index (χ2v) is 5.10. The summed E-state index contributed by atoms with van der Waals surface area (Å²) in [6.45, 7) is 6.84. The summed E-state index contributed by atoms with van der Waals surface area (Å²) in [7, 11) is 1.61. The molecule has 4 heteroatoms. The molecule has 0 heterocycles. The number of hydrogen-bond acceptors (Lipinski definition) is 2. The molecule has 0 aliphatic rings. The molecule has 0 radical (unpaired) electrons. The van der Waals surface area contributed by atoms with Crippen LogP contribution in [-0.4, -0.2) is 19.7 Å². The average molecular weight is 236 g/mol. The maximum Gasteiger partial charge on any atom is 0.319 e. The third-order valence-electron chi connectivity index (χ3n) is 2.13. The number of rotatable bonds is 3. The van der Waals surface area contributed by atoms with Crippen molar-refractivity contribution in [1.29, 1.82) is 0 Å². The highest BCUT2D eigenvalue weighted by Gasteiger charge is 2.11. The molecule has 2 N–H and O–H groups in total. The van der Waals surface area contributed by atoms with Crippen LogP contribution in [0.5, 0.6) is 5.75 Å². The van der Waals surface area contributed by atoms with Crippen LogP contribution in [0.15, 0.2) is 24.3 Å². The molecule has 94 valence electrons. The standard InChI is InChI=1S/C13H20N2O2/c1-13(2,3)9-14-12(16)15-10-5-7-11(17-4)8-6-10/h5-8H,9H2,1-4H3,(H2,14,15,16). The Morgan fingerprint density at radius 2 is 1.82 bits per heavy atom. The smallest absolute Gasteiger partial charge is 0.319 e. The highest BCUT2D eigenvalue weighted by atomic mass is 16.5. The fraction of sp³-hybridized carbons (Fsp3) is 0.462. The van der Waals surface area contributed by atoms with Gasteiger partial charge in [-0.05, 0) is 29.7 Å². The lowest BCUT2D eigenvalue weighted by Crippen LogP contribution is -2.35. The molecular weight excluding hydrogens is 216 g/mol. The van der Waals surface area contributed by atoms with Gasteiger partial charge in [0.15, 0.2) is 0 Å². The number of carbonyl (C=O) groups excluding carboxylic acids is 1. The summed E-state index contributed by atoms with van der Waals surface area (Å²) in [5.41, 5.74) is 0.828. The molecule has 17 heavy (non-hydrogen) atoms. The molecule has 2 amide bonds. The van der Waals surface area contributed by atoms with Crippen molar-refractivity contribution in [2.75, 3.05) is 19.0 Å². The summed E-state index contributed by atoms with van der Waals surface area (Å²) in [4.78, 5) is 11.6. The van der Waals surface area contributed by atoms with E-state index in [-0.39, 0.29) is 11.4 Å². The lowest BCUT2D eigenvalue weighted by Gasteiger charge is -2.18. The van der Waals surface area contributed by atoms with Crippen LogP contribution < -0.4 is 15.4 Å². The van der Waals surface area contributed by atoms with Gasteiger partial charge in [0, 0.05) is 12.2 Å². The van der Waals surface area contributed by atoms with E-state index in [1.165, 1.54) is 0 Å². The van der Waals surface area contributed by atoms with Crippen molar-refractivity contribution >= 4 is 11.7 Å². The van der Waals surface area contributed by atoms with Gasteiger partial charge in [0.1, 0.15) is 5.75 Å². The fourth-order valence-corrected chi connectivity index (χ4v) is 1.20. The number of hydrogen-bond donors (Lipinski definition) is 2. The highest BCUT2D eigenvalue weighted by molar-refractivity contribution is 5.89. The molecule has 0 aliphatic carbocycles. The van der Waals surface area contributed by atoms with E-state index in [4.69, 9.17) is 4.74 Å². The van der Waals surface area contributed by atoms with Gasteiger partial charge in [0.25, 0.3) is 0 Å². The van der Waals surface area contributed by atoms with Crippen LogP contribution in [0.4, 0.5) is 10.5 Å². The van der Waals surface area contributed by atoms with Gasteiger partial charge in [-0.3, -0.25) is 0 Å². The zero-order chi connectivity index (χ0) is 12.9. The SMILES string of the molecule is COc1ccc(NC(=O)NCC(C)(C)C)cc1. The second-order valence-electron chi connectivity index (χ2n) is 5.10. The molecule has 0 bridgehead atoms. The first kappa shape index (κ1) is 13.4. The third-order valence-corrected chi connectivity index (χ3v) is 2.13. The summed E-state index contributed by atoms with van der Waals surface area (Å²) in [5.74, 6) is 0.769. The minimum absolute atomic E-state index is 0.0806. The molecule has 0 atom stereocenters. The maximum atomic E-state index is 11.6. The van der Waals surface area contributed by atoms with Crippen molar-refractivity contribution in [2.45, 2.75) is 20.8 Å². The Balaban J connectivity index is 2.45. The number of anilines is 1. The van der Waals surface area contributed by atoms with E-state index in [9.17, 15) is 4.79 Å². The van der Waals surface area contributed by atoms with Crippen LogP contribution in [0.25, 0.3) is 0 Å². The molecule has 0 fully saturated rings. The molecule has 0 aliphatic heterocycles. The molecule has 0 saturated heterocycles.